The first-order valence-electron chi connectivity index (χ1n) is 7.27. The number of aromatic nitrogens is 1. The predicted molar refractivity (Wildman–Crippen MR) is 90.6 cm³/mol. The molecule has 0 spiro atoms. The molecule has 3 heterocycles. The van der Waals surface area contributed by atoms with Crippen LogP contribution in [-0.2, 0) is 17.8 Å². The third kappa shape index (κ3) is 2.37. The standard InChI is InChI=1S/C16H13N3O3S/c20-14(21)8-23-13-7-12(17-18-13)11-6-10-3-1-2-9-4-5-19(15(9)10)16(11)22/h1-3,6H,4-5,7-8H2,(H,20,21). The third-order valence-electron chi connectivity index (χ3n) is 4.07. The molecule has 0 bridgehead atoms. The van der Waals surface area contributed by atoms with Crippen molar-refractivity contribution >= 4 is 39.4 Å². The molecule has 0 unspecified atom stereocenters. The molecule has 0 fully saturated rings. The second-order valence-electron chi connectivity index (χ2n) is 5.52. The average molecular weight is 327 g/mol. The first-order valence-corrected chi connectivity index (χ1v) is 8.26. The Bertz CT molecular complexity index is 959. The van der Waals surface area contributed by atoms with Crippen molar-refractivity contribution in [1.29, 1.82) is 0 Å². The summed E-state index contributed by atoms with van der Waals surface area (Å²) in [7, 11) is 0. The van der Waals surface area contributed by atoms with Crippen LogP contribution in [0.4, 0.5) is 0 Å². The lowest BCUT2D eigenvalue weighted by Crippen LogP contribution is -2.25. The number of thioether (sulfide) groups is 1. The zero-order valence-electron chi connectivity index (χ0n) is 12.2. The molecule has 2 aromatic rings. The minimum absolute atomic E-state index is 0.0408. The smallest absolute Gasteiger partial charge is 0.313 e. The topological polar surface area (TPSA) is 84.0 Å². The van der Waals surface area contributed by atoms with Gasteiger partial charge in [-0.3, -0.25) is 9.59 Å². The van der Waals surface area contributed by atoms with E-state index in [4.69, 9.17) is 5.11 Å². The van der Waals surface area contributed by atoms with Gasteiger partial charge in [-0.2, -0.15) is 5.10 Å². The number of aliphatic carboxylic acids is 1. The zero-order valence-corrected chi connectivity index (χ0v) is 13.0. The maximum absolute atomic E-state index is 12.7. The minimum atomic E-state index is -0.891. The summed E-state index contributed by atoms with van der Waals surface area (Å²) in [6.07, 6.45) is 1.29. The van der Waals surface area contributed by atoms with Crippen molar-refractivity contribution in [3.63, 3.8) is 0 Å². The molecular weight excluding hydrogens is 314 g/mol. The monoisotopic (exact) mass is 327 g/mol. The SMILES string of the molecule is O=C(O)CSC1=NN=C(c2cc3cccc4c3n(c2=O)CC4)C1. The number of nitrogens with zero attached hydrogens (tertiary/aromatic N) is 3. The van der Waals surface area contributed by atoms with Crippen LogP contribution in [-0.4, -0.2) is 32.2 Å². The van der Waals surface area contributed by atoms with Crippen LogP contribution < -0.4 is 5.56 Å². The van der Waals surface area contributed by atoms with Gasteiger partial charge in [-0.25, -0.2) is 0 Å². The van der Waals surface area contributed by atoms with E-state index in [9.17, 15) is 9.59 Å². The lowest BCUT2D eigenvalue weighted by molar-refractivity contribution is -0.133. The zero-order chi connectivity index (χ0) is 16.0. The van der Waals surface area contributed by atoms with Gasteiger partial charge in [0.05, 0.1) is 22.5 Å². The van der Waals surface area contributed by atoms with Gasteiger partial charge in [0.2, 0.25) is 0 Å². The summed E-state index contributed by atoms with van der Waals surface area (Å²) in [5.41, 5.74) is 3.35. The summed E-state index contributed by atoms with van der Waals surface area (Å²) in [5.74, 6) is -0.940. The Hall–Kier alpha value is -2.41. The van der Waals surface area contributed by atoms with Crippen molar-refractivity contribution in [2.75, 3.05) is 5.75 Å². The van der Waals surface area contributed by atoms with E-state index in [2.05, 4.69) is 16.3 Å². The first-order chi connectivity index (χ1) is 11.1. The Balaban J connectivity index is 1.69. The van der Waals surface area contributed by atoms with Gasteiger partial charge in [0.25, 0.3) is 5.56 Å². The highest BCUT2D eigenvalue weighted by molar-refractivity contribution is 8.14. The fourth-order valence-corrected chi connectivity index (χ4v) is 3.71. The number of carboxylic acid groups (broad SMARTS) is 1. The number of carbonyl (C=O) groups is 1. The highest BCUT2D eigenvalue weighted by Crippen LogP contribution is 2.26. The number of pyridine rings is 1. The maximum atomic E-state index is 12.7. The number of aryl methyl sites for hydroxylation is 2. The van der Waals surface area contributed by atoms with E-state index >= 15 is 0 Å². The van der Waals surface area contributed by atoms with Gasteiger partial charge in [0.1, 0.15) is 5.04 Å². The van der Waals surface area contributed by atoms with Crippen LogP contribution in [0.15, 0.2) is 39.3 Å². The van der Waals surface area contributed by atoms with Gasteiger partial charge in [-0.15, -0.1) is 5.10 Å². The van der Waals surface area contributed by atoms with E-state index in [1.807, 2.05) is 22.8 Å². The summed E-state index contributed by atoms with van der Waals surface area (Å²) in [6.45, 7) is 0.692. The molecule has 1 aromatic carbocycles. The molecule has 2 aliphatic rings. The summed E-state index contributed by atoms with van der Waals surface area (Å²) >= 11 is 1.15. The summed E-state index contributed by atoms with van der Waals surface area (Å²) in [6, 6.07) is 7.94. The molecule has 0 atom stereocenters. The van der Waals surface area contributed by atoms with Crippen molar-refractivity contribution in [2.24, 2.45) is 10.2 Å². The summed E-state index contributed by atoms with van der Waals surface area (Å²) in [5, 5.41) is 18.5. The van der Waals surface area contributed by atoms with E-state index in [0.717, 1.165) is 29.1 Å². The van der Waals surface area contributed by atoms with Crippen LogP contribution >= 0.6 is 11.8 Å². The Labute approximate surface area is 135 Å². The highest BCUT2D eigenvalue weighted by atomic mass is 32.2. The number of rotatable bonds is 3. The van der Waals surface area contributed by atoms with Crippen molar-refractivity contribution < 1.29 is 9.90 Å². The van der Waals surface area contributed by atoms with Crippen LogP contribution in [0.3, 0.4) is 0 Å². The largest absolute Gasteiger partial charge is 0.481 e. The average Bonchev–Trinajstić information content (AvgIpc) is 3.17. The van der Waals surface area contributed by atoms with Crippen LogP contribution in [0, 0.1) is 0 Å². The van der Waals surface area contributed by atoms with Gasteiger partial charge in [0.15, 0.2) is 0 Å². The second-order valence-corrected chi connectivity index (χ2v) is 6.57. The molecule has 0 radical (unpaired) electrons. The van der Waals surface area contributed by atoms with Crippen molar-refractivity contribution in [1.82, 2.24) is 4.57 Å². The molecule has 6 nitrogen and oxygen atoms in total. The Morgan fingerprint density at radius 3 is 3.04 bits per heavy atom. The van der Waals surface area contributed by atoms with E-state index in [0.29, 0.717) is 29.3 Å². The fourth-order valence-electron chi connectivity index (χ4n) is 3.08. The number of benzene rings is 1. The van der Waals surface area contributed by atoms with Crippen molar-refractivity contribution in [2.45, 2.75) is 19.4 Å². The number of para-hydroxylation sites is 1. The highest BCUT2D eigenvalue weighted by Gasteiger charge is 2.23. The fraction of sp³-hybridized carbons (Fsp3) is 0.250. The van der Waals surface area contributed by atoms with Gasteiger partial charge in [-0.1, -0.05) is 30.0 Å². The Morgan fingerprint density at radius 1 is 1.35 bits per heavy atom. The lowest BCUT2D eigenvalue weighted by atomic mass is 10.1. The van der Waals surface area contributed by atoms with Crippen LogP contribution in [0.25, 0.3) is 10.9 Å². The first kappa shape index (κ1) is 14.2. The molecule has 4 rings (SSSR count). The molecule has 0 saturated heterocycles. The normalized spacial score (nSPS) is 15.8. The molecule has 0 saturated carbocycles. The molecule has 0 aliphatic carbocycles. The minimum Gasteiger partial charge on any atom is -0.481 e. The molecule has 23 heavy (non-hydrogen) atoms. The van der Waals surface area contributed by atoms with E-state index in [1.54, 1.807) is 0 Å². The van der Waals surface area contributed by atoms with Crippen LogP contribution in [0.2, 0.25) is 0 Å². The number of hydrogen-bond acceptors (Lipinski definition) is 5. The Kier molecular flexibility index (Phi) is 3.30. The summed E-state index contributed by atoms with van der Waals surface area (Å²) in [4.78, 5) is 23.4. The lowest BCUT2D eigenvalue weighted by Gasteiger charge is -2.08. The molecule has 116 valence electrons. The molecular formula is C16H13N3O3S. The van der Waals surface area contributed by atoms with Crippen LogP contribution in [0.5, 0.6) is 0 Å². The third-order valence-corrected chi connectivity index (χ3v) is 5.03. The molecule has 7 heteroatoms. The van der Waals surface area contributed by atoms with Gasteiger partial charge >= 0.3 is 5.97 Å². The molecule has 1 aromatic heterocycles. The maximum Gasteiger partial charge on any atom is 0.313 e. The number of carboxylic acids is 1. The number of hydrogen-bond donors (Lipinski definition) is 1. The molecule has 1 N–H and O–H groups in total. The van der Waals surface area contributed by atoms with Gasteiger partial charge in [0, 0.05) is 13.0 Å². The Morgan fingerprint density at radius 2 is 2.22 bits per heavy atom. The van der Waals surface area contributed by atoms with E-state index < -0.39 is 5.97 Å². The molecule has 2 aliphatic heterocycles. The second kappa shape index (κ2) is 5.34. The van der Waals surface area contributed by atoms with Crippen LogP contribution in [0.1, 0.15) is 17.5 Å². The molecule has 0 amide bonds. The van der Waals surface area contributed by atoms with E-state index in [-0.39, 0.29) is 11.3 Å². The van der Waals surface area contributed by atoms with Gasteiger partial charge in [-0.05, 0) is 23.4 Å². The van der Waals surface area contributed by atoms with Crippen molar-refractivity contribution in [3.8, 4) is 0 Å². The van der Waals surface area contributed by atoms with Crippen molar-refractivity contribution in [3.05, 3.63) is 45.7 Å². The predicted octanol–water partition coefficient (Wildman–Crippen LogP) is 1.88. The summed E-state index contributed by atoms with van der Waals surface area (Å²) < 4.78 is 1.81. The quantitative estimate of drug-likeness (QED) is 0.933. The van der Waals surface area contributed by atoms with Gasteiger partial charge < -0.3 is 9.67 Å². The van der Waals surface area contributed by atoms with E-state index in [1.165, 1.54) is 5.56 Å².